The Kier molecular flexibility index (Phi) is 7.83. The van der Waals surface area contributed by atoms with Gasteiger partial charge in [0, 0.05) is 48.1 Å². The predicted octanol–water partition coefficient (Wildman–Crippen LogP) is 4.51. The Morgan fingerprint density at radius 3 is 1.43 bits per heavy atom. The standard InChI is InChI=1S/2C15H15ClN2O2/c2*1-8-12(4-2-9(6-17)14(8)16)18-7-11-10(15(18)20)3-5-13(11)19/h2*2,4,10-11,13,19H,3,5,7H2,1H3/t2*10-,11-,13+/m10/s1. The molecule has 2 aliphatic carbocycles. The molecule has 0 radical (unpaired) electrons. The molecule has 2 saturated heterocycles. The lowest BCUT2D eigenvalue weighted by atomic mass is 9.99. The third-order valence-electron chi connectivity index (χ3n) is 9.06. The number of hydrogen-bond acceptors (Lipinski definition) is 6. The van der Waals surface area contributed by atoms with Crippen LogP contribution < -0.4 is 9.80 Å². The molecule has 2 aliphatic heterocycles. The van der Waals surface area contributed by atoms with Crippen LogP contribution in [0.1, 0.15) is 47.9 Å². The molecule has 2 N–H and O–H groups in total. The van der Waals surface area contributed by atoms with Crippen molar-refractivity contribution >= 4 is 46.4 Å². The fourth-order valence-corrected chi connectivity index (χ4v) is 7.15. The van der Waals surface area contributed by atoms with Crippen LogP contribution in [-0.4, -0.2) is 47.3 Å². The average Bonchev–Trinajstić information content (AvgIpc) is 3.68. The van der Waals surface area contributed by atoms with Crippen molar-refractivity contribution in [3.05, 3.63) is 56.6 Å². The Labute approximate surface area is 243 Å². The van der Waals surface area contributed by atoms with Gasteiger partial charge in [-0.05, 0) is 74.9 Å². The first-order valence-corrected chi connectivity index (χ1v) is 14.2. The summed E-state index contributed by atoms with van der Waals surface area (Å²) in [5.41, 5.74) is 3.82. The molecule has 2 saturated carbocycles. The molecule has 10 heteroatoms. The molecule has 40 heavy (non-hydrogen) atoms. The summed E-state index contributed by atoms with van der Waals surface area (Å²) < 4.78 is 0. The van der Waals surface area contributed by atoms with Crippen LogP contribution in [0.4, 0.5) is 11.4 Å². The van der Waals surface area contributed by atoms with E-state index in [1.807, 2.05) is 26.0 Å². The molecule has 2 aromatic carbocycles. The summed E-state index contributed by atoms with van der Waals surface area (Å²) in [7, 11) is 0. The number of nitriles is 2. The van der Waals surface area contributed by atoms with Gasteiger partial charge in [0.1, 0.15) is 12.1 Å². The molecule has 2 amide bonds. The van der Waals surface area contributed by atoms with E-state index < -0.39 is 0 Å². The van der Waals surface area contributed by atoms with E-state index in [0.717, 1.165) is 35.3 Å². The second-order valence-corrected chi connectivity index (χ2v) is 11.8. The number of aliphatic hydroxyl groups excluding tert-OH is 2. The number of anilines is 2. The zero-order chi connectivity index (χ0) is 28.9. The van der Waals surface area contributed by atoms with E-state index in [1.165, 1.54) is 0 Å². The van der Waals surface area contributed by atoms with Crippen LogP contribution in [0.25, 0.3) is 0 Å². The highest BCUT2D eigenvalue weighted by Gasteiger charge is 2.49. The summed E-state index contributed by atoms with van der Waals surface area (Å²) in [5, 5.41) is 38.6. The van der Waals surface area contributed by atoms with Crippen LogP contribution in [0.15, 0.2) is 24.3 Å². The molecule has 6 rings (SSSR count). The van der Waals surface area contributed by atoms with Crippen molar-refractivity contribution in [1.82, 2.24) is 0 Å². The normalized spacial score (nSPS) is 28.6. The first-order valence-electron chi connectivity index (χ1n) is 13.5. The molecule has 2 aromatic rings. The van der Waals surface area contributed by atoms with Crippen LogP contribution >= 0.6 is 23.2 Å². The Hall–Kier alpha value is -3.14. The Morgan fingerprint density at radius 2 is 1.10 bits per heavy atom. The second kappa shape index (κ2) is 11.0. The van der Waals surface area contributed by atoms with Crippen molar-refractivity contribution in [2.75, 3.05) is 22.9 Å². The number of carbonyl (C=O) groups excluding carboxylic acids is 2. The highest BCUT2D eigenvalue weighted by atomic mass is 35.5. The Morgan fingerprint density at radius 1 is 0.725 bits per heavy atom. The van der Waals surface area contributed by atoms with E-state index in [4.69, 9.17) is 33.7 Å². The molecule has 2 heterocycles. The lowest BCUT2D eigenvalue weighted by Crippen LogP contribution is -2.28. The third-order valence-corrected chi connectivity index (χ3v) is 10.0. The number of halogens is 2. The summed E-state index contributed by atoms with van der Waals surface area (Å²) in [6.07, 6.45) is 2.16. The Balaban J connectivity index is 0.000000161. The molecule has 6 atom stereocenters. The number of rotatable bonds is 2. The van der Waals surface area contributed by atoms with Crippen LogP contribution in [0, 0.1) is 60.2 Å². The van der Waals surface area contributed by atoms with Gasteiger partial charge >= 0.3 is 0 Å². The average molecular weight is 582 g/mol. The molecule has 0 bridgehead atoms. The first kappa shape index (κ1) is 28.4. The van der Waals surface area contributed by atoms with Crippen LogP contribution in [0.2, 0.25) is 10.0 Å². The first-order chi connectivity index (χ1) is 19.1. The molecule has 0 unspecified atom stereocenters. The quantitative estimate of drug-likeness (QED) is 0.537. The number of amides is 2. The number of nitrogens with zero attached hydrogens (tertiary/aromatic N) is 4. The summed E-state index contributed by atoms with van der Waals surface area (Å²) in [6.45, 7) is 4.70. The van der Waals surface area contributed by atoms with E-state index in [0.29, 0.717) is 47.1 Å². The van der Waals surface area contributed by atoms with E-state index in [1.54, 1.807) is 34.1 Å². The van der Waals surface area contributed by atoms with Gasteiger partial charge in [-0.1, -0.05) is 23.2 Å². The van der Waals surface area contributed by atoms with Crippen molar-refractivity contribution in [2.45, 2.75) is 51.7 Å². The van der Waals surface area contributed by atoms with Gasteiger partial charge < -0.3 is 20.0 Å². The molecule has 0 spiro atoms. The van der Waals surface area contributed by atoms with E-state index in [9.17, 15) is 19.8 Å². The van der Waals surface area contributed by atoms with Crippen LogP contribution in [0.3, 0.4) is 0 Å². The number of benzene rings is 2. The van der Waals surface area contributed by atoms with Gasteiger partial charge in [0.25, 0.3) is 0 Å². The third kappa shape index (κ3) is 4.63. The number of hydrogen-bond donors (Lipinski definition) is 2. The van der Waals surface area contributed by atoms with Gasteiger partial charge in [-0.2, -0.15) is 10.5 Å². The molecular formula is C30H30Cl2N4O4. The van der Waals surface area contributed by atoms with Crippen molar-refractivity contribution < 1.29 is 19.8 Å². The monoisotopic (exact) mass is 580 g/mol. The maximum Gasteiger partial charge on any atom is 0.230 e. The zero-order valence-corrected chi connectivity index (χ0v) is 23.8. The second-order valence-electron chi connectivity index (χ2n) is 11.1. The maximum absolute atomic E-state index is 12.5. The van der Waals surface area contributed by atoms with Crippen molar-refractivity contribution in [1.29, 1.82) is 10.5 Å². The fourth-order valence-electron chi connectivity index (χ4n) is 6.75. The van der Waals surface area contributed by atoms with Gasteiger partial charge in [0.2, 0.25) is 11.8 Å². The van der Waals surface area contributed by atoms with Crippen molar-refractivity contribution in [3.63, 3.8) is 0 Å². The van der Waals surface area contributed by atoms with Crippen LogP contribution in [0.5, 0.6) is 0 Å². The number of carbonyl (C=O) groups is 2. The predicted molar refractivity (Wildman–Crippen MR) is 151 cm³/mol. The van der Waals surface area contributed by atoms with E-state index >= 15 is 0 Å². The SMILES string of the molecule is Cc1c(N2C[C@@H]3[C@H](O)CC[C@@H]3C2=O)ccc(C#N)c1Cl.Cc1c(N2C[C@H]3[C@@H](O)CC[C@H]3C2=O)ccc(C#N)c1Cl. The minimum atomic E-state index is -0.386. The number of aliphatic hydroxyl groups is 2. The van der Waals surface area contributed by atoms with Crippen molar-refractivity contribution in [2.24, 2.45) is 23.7 Å². The molecule has 208 valence electrons. The fraction of sp³-hybridized carbons (Fsp3) is 0.467. The molecule has 0 aromatic heterocycles. The maximum atomic E-state index is 12.5. The summed E-state index contributed by atoms with van der Waals surface area (Å²) >= 11 is 12.3. The Bertz CT molecular complexity index is 1360. The minimum absolute atomic E-state index is 0.0244. The molecule has 4 fully saturated rings. The highest BCUT2D eigenvalue weighted by molar-refractivity contribution is 6.33. The molecule has 4 aliphatic rings. The van der Waals surface area contributed by atoms with Gasteiger partial charge in [-0.25, -0.2) is 0 Å². The molecule has 8 nitrogen and oxygen atoms in total. The van der Waals surface area contributed by atoms with Gasteiger partial charge in [0.15, 0.2) is 0 Å². The minimum Gasteiger partial charge on any atom is -0.393 e. The number of fused-ring (bicyclic) bond motifs is 2. The summed E-state index contributed by atoms with van der Waals surface area (Å²) in [4.78, 5) is 28.3. The summed E-state index contributed by atoms with van der Waals surface area (Å²) in [5.74, 6) is 0.0381. The van der Waals surface area contributed by atoms with E-state index in [-0.39, 0.29) is 47.7 Å². The molecular weight excluding hydrogens is 551 g/mol. The lowest BCUT2D eigenvalue weighted by Gasteiger charge is -2.21. The van der Waals surface area contributed by atoms with Gasteiger partial charge in [0.05, 0.1) is 33.4 Å². The smallest absolute Gasteiger partial charge is 0.230 e. The van der Waals surface area contributed by atoms with Crippen molar-refractivity contribution in [3.8, 4) is 12.1 Å². The van der Waals surface area contributed by atoms with Crippen LogP contribution in [-0.2, 0) is 9.59 Å². The topological polar surface area (TPSA) is 129 Å². The van der Waals surface area contributed by atoms with E-state index in [2.05, 4.69) is 0 Å². The van der Waals surface area contributed by atoms with Gasteiger partial charge in [-0.3, -0.25) is 9.59 Å². The lowest BCUT2D eigenvalue weighted by molar-refractivity contribution is -0.121. The highest BCUT2D eigenvalue weighted by Crippen LogP contribution is 2.44. The zero-order valence-electron chi connectivity index (χ0n) is 22.3. The largest absolute Gasteiger partial charge is 0.393 e. The van der Waals surface area contributed by atoms with Gasteiger partial charge in [-0.15, -0.1) is 0 Å². The summed E-state index contributed by atoms with van der Waals surface area (Å²) in [6, 6.07) is 10.9.